The molecule has 1 aromatic carbocycles. The van der Waals surface area contributed by atoms with Crippen molar-refractivity contribution in [1.29, 1.82) is 0 Å². The minimum absolute atomic E-state index is 0.236. The summed E-state index contributed by atoms with van der Waals surface area (Å²) in [5, 5.41) is -0.840. The number of rotatable bonds is 2. The summed E-state index contributed by atoms with van der Waals surface area (Å²) in [6, 6.07) is 5.27. The first-order valence-corrected chi connectivity index (χ1v) is 7.94. The number of carbonyl (C=O) groups is 1. The first-order chi connectivity index (χ1) is 8.32. The summed E-state index contributed by atoms with van der Waals surface area (Å²) in [5.41, 5.74) is 1.12. The van der Waals surface area contributed by atoms with Crippen LogP contribution in [0, 0.1) is 0 Å². The van der Waals surface area contributed by atoms with E-state index in [1.54, 1.807) is 32.9 Å². The van der Waals surface area contributed by atoms with Crippen LogP contribution in [0.2, 0.25) is 0 Å². The number of benzene rings is 1. The Labute approximate surface area is 114 Å². The average molecular weight is 333 g/mol. The largest absolute Gasteiger partial charge is 0.391 e. The van der Waals surface area contributed by atoms with Gasteiger partial charge in [-0.05, 0) is 38.5 Å². The van der Waals surface area contributed by atoms with Crippen LogP contribution in [0.1, 0.15) is 36.7 Å². The first kappa shape index (κ1) is 13.8. The van der Waals surface area contributed by atoms with Crippen molar-refractivity contribution in [2.75, 3.05) is 6.61 Å². The van der Waals surface area contributed by atoms with Crippen LogP contribution in [0.4, 0.5) is 0 Å². The molecule has 0 aliphatic carbocycles. The molecule has 2 rings (SSSR count). The normalized spacial score (nSPS) is 25.4. The molecule has 0 spiro atoms. The van der Waals surface area contributed by atoms with E-state index in [9.17, 15) is 9.36 Å². The monoisotopic (exact) mass is 332 g/mol. The second-order valence-corrected chi connectivity index (χ2v) is 8.01. The topological polar surface area (TPSA) is 52.6 Å². The van der Waals surface area contributed by atoms with Gasteiger partial charge in [0.1, 0.15) is 5.16 Å². The van der Waals surface area contributed by atoms with Gasteiger partial charge < -0.3 is 4.52 Å². The highest BCUT2D eigenvalue weighted by Gasteiger charge is 2.52. The Morgan fingerprint density at radius 3 is 2.72 bits per heavy atom. The molecular formula is C12H14BrO4P. The number of hydrogen-bond donors (Lipinski definition) is 0. The Morgan fingerprint density at radius 1 is 1.44 bits per heavy atom. The van der Waals surface area contributed by atoms with E-state index in [-0.39, 0.29) is 6.61 Å². The van der Waals surface area contributed by atoms with Crippen molar-refractivity contribution in [3.8, 4) is 0 Å². The van der Waals surface area contributed by atoms with Gasteiger partial charge in [-0.2, -0.15) is 0 Å². The SMILES string of the molecule is CCOP1(=O)OC(=O)c2cc(Br)ccc2C1(C)C. The summed E-state index contributed by atoms with van der Waals surface area (Å²) in [6.45, 7) is 5.49. The van der Waals surface area contributed by atoms with Gasteiger partial charge in [-0.3, -0.25) is 4.52 Å². The standard InChI is InChI=1S/C12H14BrO4P/c1-4-16-18(15)12(2,3)10-6-5-8(13)7-9(10)11(14)17-18/h5-7H,4H2,1-3H3. The Balaban J connectivity index is 2.64. The van der Waals surface area contributed by atoms with Crippen molar-refractivity contribution >= 4 is 29.5 Å². The molecule has 0 saturated carbocycles. The van der Waals surface area contributed by atoms with Crippen LogP contribution in [0.15, 0.2) is 22.7 Å². The molecule has 4 nitrogen and oxygen atoms in total. The third kappa shape index (κ3) is 1.94. The summed E-state index contributed by atoms with van der Waals surface area (Å²) in [5.74, 6) is -0.595. The van der Waals surface area contributed by atoms with Gasteiger partial charge in [0.2, 0.25) is 0 Å². The fourth-order valence-electron chi connectivity index (χ4n) is 2.00. The van der Waals surface area contributed by atoms with Crippen molar-refractivity contribution < 1.29 is 18.4 Å². The third-order valence-electron chi connectivity index (χ3n) is 3.05. The quantitative estimate of drug-likeness (QED) is 0.765. The Bertz CT molecular complexity index is 553. The molecule has 1 aliphatic rings. The number of carbonyl (C=O) groups excluding carboxylic acids is 1. The highest BCUT2D eigenvalue weighted by Crippen LogP contribution is 2.67. The van der Waals surface area contributed by atoms with Gasteiger partial charge in [0.05, 0.1) is 12.2 Å². The van der Waals surface area contributed by atoms with E-state index in [0.29, 0.717) is 11.1 Å². The summed E-state index contributed by atoms with van der Waals surface area (Å²) in [6.07, 6.45) is 0. The highest BCUT2D eigenvalue weighted by molar-refractivity contribution is 9.10. The van der Waals surface area contributed by atoms with Crippen molar-refractivity contribution in [2.45, 2.75) is 25.9 Å². The van der Waals surface area contributed by atoms with Gasteiger partial charge in [-0.1, -0.05) is 22.0 Å². The highest BCUT2D eigenvalue weighted by atomic mass is 79.9. The van der Waals surface area contributed by atoms with Crippen LogP contribution in [0.25, 0.3) is 0 Å². The lowest BCUT2D eigenvalue weighted by molar-refractivity contribution is 0.0665. The molecule has 18 heavy (non-hydrogen) atoms. The van der Waals surface area contributed by atoms with E-state index >= 15 is 0 Å². The Morgan fingerprint density at radius 2 is 2.11 bits per heavy atom. The van der Waals surface area contributed by atoms with Crippen molar-refractivity contribution in [2.24, 2.45) is 0 Å². The number of fused-ring (bicyclic) bond motifs is 1. The average Bonchev–Trinajstić information content (AvgIpc) is 2.27. The molecule has 0 amide bonds. The van der Waals surface area contributed by atoms with Gasteiger partial charge in [-0.25, -0.2) is 9.36 Å². The minimum atomic E-state index is -3.48. The summed E-state index contributed by atoms with van der Waals surface area (Å²) in [4.78, 5) is 11.9. The first-order valence-electron chi connectivity index (χ1n) is 5.60. The molecule has 1 atom stereocenters. The maximum Gasteiger partial charge on any atom is 0.391 e. The lowest BCUT2D eigenvalue weighted by Crippen LogP contribution is -2.30. The maximum atomic E-state index is 12.7. The molecule has 6 heteroatoms. The van der Waals surface area contributed by atoms with Crippen molar-refractivity contribution in [3.05, 3.63) is 33.8 Å². The molecular weight excluding hydrogens is 319 g/mol. The van der Waals surface area contributed by atoms with Crippen molar-refractivity contribution in [1.82, 2.24) is 0 Å². The fraction of sp³-hybridized carbons (Fsp3) is 0.417. The molecule has 1 unspecified atom stereocenters. The van der Waals surface area contributed by atoms with Crippen LogP contribution < -0.4 is 0 Å². The van der Waals surface area contributed by atoms with Crippen molar-refractivity contribution in [3.63, 3.8) is 0 Å². The zero-order chi connectivity index (χ0) is 13.6. The minimum Gasteiger partial charge on any atom is -0.387 e. The van der Waals surface area contributed by atoms with Gasteiger partial charge >= 0.3 is 13.6 Å². The molecule has 0 saturated heterocycles. The molecule has 0 N–H and O–H groups in total. The zero-order valence-corrected chi connectivity index (χ0v) is 12.9. The van der Waals surface area contributed by atoms with E-state index in [1.165, 1.54) is 0 Å². The van der Waals surface area contributed by atoms with E-state index in [4.69, 9.17) is 9.05 Å². The zero-order valence-electron chi connectivity index (χ0n) is 10.4. The molecule has 98 valence electrons. The smallest absolute Gasteiger partial charge is 0.387 e. The molecule has 1 heterocycles. The van der Waals surface area contributed by atoms with E-state index in [0.717, 1.165) is 4.47 Å². The van der Waals surface area contributed by atoms with Crippen LogP contribution in [0.5, 0.6) is 0 Å². The number of halogens is 1. The van der Waals surface area contributed by atoms with Crippen LogP contribution >= 0.6 is 23.5 Å². The lowest BCUT2D eigenvalue weighted by Gasteiger charge is -2.37. The third-order valence-corrected chi connectivity index (χ3v) is 6.16. The summed E-state index contributed by atoms with van der Waals surface area (Å²) < 4.78 is 23.8. The second-order valence-electron chi connectivity index (χ2n) is 4.54. The number of hydrogen-bond acceptors (Lipinski definition) is 4. The van der Waals surface area contributed by atoms with E-state index in [1.807, 2.05) is 6.07 Å². The Kier molecular flexibility index (Phi) is 3.43. The molecule has 0 radical (unpaired) electrons. The van der Waals surface area contributed by atoms with Gasteiger partial charge in [-0.15, -0.1) is 0 Å². The predicted molar refractivity (Wildman–Crippen MR) is 71.8 cm³/mol. The van der Waals surface area contributed by atoms with Crippen LogP contribution in [0.3, 0.4) is 0 Å². The van der Waals surface area contributed by atoms with E-state index < -0.39 is 18.7 Å². The Hall–Kier alpha value is -0.640. The maximum absolute atomic E-state index is 12.7. The van der Waals surface area contributed by atoms with Gasteiger partial charge in [0.25, 0.3) is 0 Å². The summed E-state index contributed by atoms with van der Waals surface area (Å²) in [7, 11) is -3.48. The second kappa shape index (κ2) is 4.48. The molecule has 0 aromatic heterocycles. The van der Waals surface area contributed by atoms with Crippen LogP contribution in [-0.2, 0) is 18.8 Å². The molecule has 1 aliphatic heterocycles. The lowest BCUT2D eigenvalue weighted by atomic mass is 9.96. The predicted octanol–water partition coefficient (Wildman–Crippen LogP) is 4.08. The van der Waals surface area contributed by atoms with Gasteiger partial charge in [0, 0.05) is 4.47 Å². The molecule has 0 bridgehead atoms. The summed E-state index contributed by atoms with van der Waals surface area (Å²) >= 11 is 3.31. The molecule has 1 aromatic rings. The van der Waals surface area contributed by atoms with Gasteiger partial charge in [0.15, 0.2) is 0 Å². The van der Waals surface area contributed by atoms with E-state index in [2.05, 4.69) is 15.9 Å². The fourth-order valence-corrected chi connectivity index (χ4v) is 4.11. The molecule has 0 fully saturated rings. The van der Waals surface area contributed by atoms with Crippen LogP contribution in [-0.4, -0.2) is 12.6 Å².